The molecule has 2 aliphatic heterocycles. The molecule has 0 saturated carbocycles. The highest BCUT2D eigenvalue weighted by molar-refractivity contribution is 7.92. The van der Waals surface area contributed by atoms with Crippen molar-refractivity contribution in [3.05, 3.63) is 48.0 Å². The predicted octanol–water partition coefficient (Wildman–Crippen LogP) is 2.12. The lowest BCUT2D eigenvalue weighted by molar-refractivity contribution is 0.0857. The number of nitrogens with one attached hydrogen (secondary N) is 2. The first-order valence-electron chi connectivity index (χ1n) is 8.94. The molecule has 2 heterocycles. The lowest BCUT2D eigenvalue weighted by Gasteiger charge is -2.12. The number of carbonyl (C=O) groups excluding carboxylic acids is 1. The Morgan fingerprint density at radius 3 is 2.79 bits per heavy atom. The summed E-state index contributed by atoms with van der Waals surface area (Å²) in [5.74, 6) is 0.700. The zero-order chi connectivity index (χ0) is 19.6. The van der Waals surface area contributed by atoms with Gasteiger partial charge in [-0.05, 0) is 43.2 Å². The molecular formula is C19H20N2O6S. The molecule has 9 heteroatoms. The number of fused-ring (bicyclic) bond motifs is 1. The zero-order valence-electron chi connectivity index (χ0n) is 15.0. The quantitative estimate of drug-likeness (QED) is 0.765. The second kappa shape index (κ2) is 7.69. The van der Waals surface area contributed by atoms with E-state index < -0.39 is 10.0 Å². The van der Waals surface area contributed by atoms with Gasteiger partial charge in [-0.1, -0.05) is 6.07 Å². The van der Waals surface area contributed by atoms with Crippen molar-refractivity contribution < 1.29 is 27.4 Å². The van der Waals surface area contributed by atoms with Crippen LogP contribution in [0.5, 0.6) is 11.5 Å². The summed E-state index contributed by atoms with van der Waals surface area (Å²) >= 11 is 0. The van der Waals surface area contributed by atoms with E-state index in [4.69, 9.17) is 14.2 Å². The van der Waals surface area contributed by atoms with Gasteiger partial charge in [0.15, 0.2) is 11.5 Å². The monoisotopic (exact) mass is 404 g/mol. The molecule has 1 saturated heterocycles. The number of hydrogen-bond donors (Lipinski definition) is 2. The van der Waals surface area contributed by atoms with Crippen LogP contribution >= 0.6 is 0 Å². The SMILES string of the molecule is O=C(NC[C@H]1CCCO1)c1cccc(S(=O)(=O)Nc2ccc3c(c2)OCO3)c1. The summed E-state index contributed by atoms with van der Waals surface area (Å²) in [7, 11) is -3.87. The molecule has 0 unspecified atom stereocenters. The summed E-state index contributed by atoms with van der Waals surface area (Å²) in [6, 6.07) is 10.7. The minimum atomic E-state index is -3.87. The minimum Gasteiger partial charge on any atom is -0.454 e. The molecule has 2 aliphatic rings. The highest BCUT2D eigenvalue weighted by atomic mass is 32.2. The highest BCUT2D eigenvalue weighted by Crippen LogP contribution is 2.34. The van der Waals surface area contributed by atoms with E-state index in [9.17, 15) is 13.2 Å². The second-order valence-electron chi connectivity index (χ2n) is 6.55. The Labute approximate surface area is 162 Å². The van der Waals surface area contributed by atoms with Gasteiger partial charge < -0.3 is 19.5 Å². The topological polar surface area (TPSA) is 103 Å². The smallest absolute Gasteiger partial charge is 0.261 e. The molecule has 0 spiro atoms. The van der Waals surface area contributed by atoms with Crippen LogP contribution in [-0.4, -0.2) is 40.4 Å². The van der Waals surface area contributed by atoms with Crippen LogP contribution in [0.3, 0.4) is 0 Å². The van der Waals surface area contributed by atoms with E-state index in [1.54, 1.807) is 24.3 Å². The predicted molar refractivity (Wildman–Crippen MR) is 101 cm³/mol. The van der Waals surface area contributed by atoms with Crippen molar-refractivity contribution in [1.82, 2.24) is 5.32 Å². The third-order valence-corrected chi connectivity index (χ3v) is 5.92. The number of sulfonamides is 1. The van der Waals surface area contributed by atoms with Gasteiger partial charge in [0.05, 0.1) is 16.7 Å². The maximum Gasteiger partial charge on any atom is 0.261 e. The van der Waals surface area contributed by atoms with E-state index in [2.05, 4.69) is 10.0 Å². The lowest BCUT2D eigenvalue weighted by Crippen LogP contribution is -2.31. The Kier molecular flexibility index (Phi) is 5.10. The van der Waals surface area contributed by atoms with Gasteiger partial charge in [0.1, 0.15) is 0 Å². The number of carbonyl (C=O) groups is 1. The summed E-state index contributed by atoms with van der Waals surface area (Å²) < 4.78 is 43.9. The summed E-state index contributed by atoms with van der Waals surface area (Å²) in [5, 5.41) is 2.79. The van der Waals surface area contributed by atoms with Crippen molar-refractivity contribution >= 4 is 21.6 Å². The number of anilines is 1. The Morgan fingerprint density at radius 1 is 1.11 bits per heavy atom. The Balaban J connectivity index is 1.47. The third kappa shape index (κ3) is 4.05. The van der Waals surface area contributed by atoms with E-state index in [0.29, 0.717) is 30.3 Å². The average molecular weight is 404 g/mol. The van der Waals surface area contributed by atoms with Crippen molar-refractivity contribution in [2.45, 2.75) is 23.8 Å². The molecule has 0 aromatic heterocycles. The fraction of sp³-hybridized carbons (Fsp3) is 0.316. The van der Waals surface area contributed by atoms with Gasteiger partial charge in [0.25, 0.3) is 15.9 Å². The molecule has 1 atom stereocenters. The van der Waals surface area contributed by atoms with Crippen molar-refractivity contribution in [2.24, 2.45) is 0 Å². The average Bonchev–Trinajstić information content (AvgIpc) is 3.37. The molecular weight excluding hydrogens is 384 g/mol. The van der Waals surface area contributed by atoms with Crippen molar-refractivity contribution in [1.29, 1.82) is 0 Å². The molecule has 8 nitrogen and oxygen atoms in total. The Bertz CT molecular complexity index is 986. The van der Waals surface area contributed by atoms with Crippen LogP contribution in [0.25, 0.3) is 0 Å². The zero-order valence-corrected chi connectivity index (χ0v) is 15.8. The van der Waals surface area contributed by atoms with Crippen LogP contribution < -0.4 is 19.5 Å². The molecule has 0 bridgehead atoms. The standard InChI is InChI=1S/C19H20N2O6S/c22-19(20-11-15-4-2-8-25-15)13-3-1-5-16(9-13)28(23,24)21-14-6-7-17-18(10-14)27-12-26-17/h1,3,5-7,9-10,15,21H,2,4,8,11-12H2,(H,20,22)/t15-/m1/s1. The lowest BCUT2D eigenvalue weighted by atomic mass is 10.2. The molecule has 0 radical (unpaired) electrons. The Hall–Kier alpha value is -2.78. The molecule has 2 aromatic rings. The van der Waals surface area contributed by atoms with Gasteiger partial charge >= 0.3 is 0 Å². The summed E-state index contributed by atoms with van der Waals surface area (Å²) in [5.41, 5.74) is 0.615. The summed E-state index contributed by atoms with van der Waals surface area (Å²) in [6.45, 7) is 1.22. The van der Waals surface area contributed by atoms with Gasteiger partial charge in [0, 0.05) is 24.8 Å². The largest absolute Gasteiger partial charge is 0.454 e. The van der Waals surface area contributed by atoms with E-state index in [1.807, 2.05) is 0 Å². The summed E-state index contributed by atoms with van der Waals surface area (Å²) in [6.07, 6.45) is 1.91. The summed E-state index contributed by atoms with van der Waals surface area (Å²) in [4.78, 5) is 12.3. The van der Waals surface area contributed by atoms with E-state index >= 15 is 0 Å². The molecule has 4 rings (SSSR count). The molecule has 1 fully saturated rings. The highest BCUT2D eigenvalue weighted by Gasteiger charge is 2.20. The van der Waals surface area contributed by atoms with Crippen LogP contribution in [0, 0.1) is 0 Å². The molecule has 1 amide bonds. The number of amides is 1. The van der Waals surface area contributed by atoms with Crippen molar-refractivity contribution in [2.75, 3.05) is 24.7 Å². The molecule has 0 aliphatic carbocycles. The van der Waals surface area contributed by atoms with Crippen LogP contribution in [0.2, 0.25) is 0 Å². The van der Waals surface area contributed by atoms with E-state index in [-0.39, 0.29) is 29.3 Å². The van der Waals surface area contributed by atoms with Gasteiger partial charge in [0.2, 0.25) is 6.79 Å². The normalized spacial score (nSPS) is 18.1. The molecule has 2 N–H and O–H groups in total. The first kappa shape index (κ1) is 18.6. The van der Waals surface area contributed by atoms with E-state index in [0.717, 1.165) is 12.8 Å². The molecule has 28 heavy (non-hydrogen) atoms. The maximum absolute atomic E-state index is 12.7. The van der Waals surface area contributed by atoms with Gasteiger partial charge in [-0.15, -0.1) is 0 Å². The van der Waals surface area contributed by atoms with Gasteiger partial charge in [-0.25, -0.2) is 8.42 Å². The molecule has 148 valence electrons. The fourth-order valence-corrected chi connectivity index (χ4v) is 4.19. The first-order valence-corrected chi connectivity index (χ1v) is 10.4. The third-order valence-electron chi connectivity index (χ3n) is 4.55. The van der Waals surface area contributed by atoms with Crippen molar-refractivity contribution in [3.63, 3.8) is 0 Å². The Morgan fingerprint density at radius 2 is 1.96 bits per heavy atom. The van der Waals surface area contributed by atoms with Crippen LogP contribution in [0.15, 0.2) is 47.4 Å². The number of rotatable bonds is 6. The first-order chi connectivity index (χ1) is 13.5. The molecule has 2 aromatic carbocycles. The van der Waals surface area contributed by atoms with Crippen LogP contribution in [0.4, 0.5) is 5.69 Å². The number of hydrogen-bond acceptors (Lipinski definition) is 6. The van der Waals surface area contributed by atoms with Crippen LogP contribution in [0.1, 0.15) is 23.2 Å². The minimum absolute atomic E-state index is 0.00469. The second-order valence-corrected chi connectivity index (χ2v) is 8.23. The maximum atomic E-state index is 12.7. The van der Waals surface area contributed by atoms with Crippen molar-refractivity contribution in [3.8, 4) is 11.5 Å². The van der Waals surface area contributed by atoms with Crippen LogP contribution in [-0.2, 0) is 14.8 Å². The van der Waals surface area contributed by atoms with Gasteiger partial charge in [-0.2, -0.15) is 0 Å². The van der Waals surface area contributed by atoms with Gasteiger partial charge in [-0.3, -0.25) is 9.52 Å². The fourth-order valence-electron chi connectivity index (χ4n) is 3.09. The van der Waals surface area contributed by atoms with E-state index in [1.165, 1.54) is 18.2 Å². The number of benzene rings is 2. The number of ether oxygens (including phenoxy) is 3.